The number of hydrogen-bond donors (Lipinski definition) is 0. The van der Waals surface area contributed by atoms with Crippen LogP contribution in [0.3, 0.4) is 0 Å². The smallest absolute Gasteiger partial charge is 0.0688 e. The predicted octanol–water partition coefficient (Wildman–Crippen LogP) is 4.49. The van der Waals surface area contributed by atoms with Crippen molar-refractivity contribution in [3.8, 4) is 0 Å². The molecule has 1 rings (SSSR count). The van der Waals surface area contributed by atoms with E-state index in [9.17, 15) is 0 Å². The van der Waals surface area contributed by atoms with Gasteiger partial charge in [0, 0.05) is 0 Å². The second-order valence-electron chi connectivity index (χ2n) is 5.60. The van der Waals surface area contributed by atoms with Crippen molar-refractivity contribution in [2.45, 2.75) is 76.9 Å². The maximum atomic E-state index is 6.25. The molecule has 14 heavy (non-hydrogen) atoms. The molecule has 2 radical (unpaired) electrons. The van der Waals surface area contributed by atoms with Crippen molar-refractivity contribution < 1.29 is 0 Å². The molecule has 0 aromatic heterocycles. The van der Waals surface area contributed by atoms with E-state index in [2.05, 4.69) is 13.8 Å². The van der Waals surface area contributed by atoms with Crippen LogP contribution in [0.5, 0.6) is 0 Å². The van der Waals surface area contributed by atoms with Crippen molar-refractivity contribution in [3.63, 3.8) is 0 Å². The van der Waals surface area contributed by atoms with E-state index in [1.165, 1.54) is 57.8 Å². The van der Waals surface area contributed by atoms with Gasteiger partial charge in [0.05, 0.1) is 7.85 Å². The normalized spacial score (nSPS) is 37.4. The molecule has 0 N–H and O–H groups in total. The SMILES string of the molecule is [B]C1(C)CCCCCC(C)CCCC1. The maximum absolute atomic E-state index is 6.25. The predicted molar refractivity (Wildman–Crippen MR) is 64.8 cm³/mol. The Kier molecular flexibility index (Phi) is 5.05. The molecular formula is C13H25B. The van der Waals surface area contributed by atoms with Crippen LogP contribution in [0.15, 0.2) is 0 Å². The molecule has 80 valence electrons. The maximum Gasteiger partial charge on any atom is 0.0742 e. The summed E-state index contributed by atoms with van der Waals surface area (Å²) >= 11 is 0. The summed E-state index contributed by atoms with van der Waals surface area (Å²) in [6, 6.07) is 0. The zero-order valence-electron chi connectivity index (χ0n) is 10.0. The molecule has 0 aromatic carbocycles. The standard InChI is InChI=1S/C13H25B/c1-12-8-4-3-6-10-13(2,14)11-7-5-9-12/h12H,3-11H2,1-2H3. The van der Waals surface area contributed by atoms with Crippen LogP contribution in [0, 0.1) is 5.92 Å². The van der Waals surface area contributed by atoms with Crippen LogP contribution in [0.4, 0.5) is 0 Å². The van der Waals surface area contributed by atoms with Gasteiger partial charge in [-0.15, -0.1) is 0 Å². The third kappa shape index (κ3) is 5.07. The Morgan fingerprint density at radius 2 is 1.43 bits per heavy atom. The lowest BCUT2D eigenvalue weighted by Gasteiger charge is -2.24. The van der Waals surface area contributed by atoms with Crippen LogP contribution in [0.25, 0.3) is 0 Å². The third-order valence-corrected chi connectivity index (χ3v) is 3.64. The molecule has 0 spiro atoms. The van der Waals surface area contributed by atoms with Crippen molar-refractivity contribution in [1.29, 1.82) is 0 Å². The van der Waals surface area contributed by atoms with Gasteiger partial charge in [0.25, 0.3) is 0 Å². The summed E-state index contributed by atoms with van der Waals surface area (Å²) in [6.45, 7) is 4.63. The Morgan fingerprint density at radius 3 is 2.07 bits per heavy atom. The van der Waals surface area contributed by atoms with Gasteiger partial charge in [-0.25, -0.2) is 0 Å². The molecule has 0 aromatic rings. The largest absolute Gasteiger partial charge is 0.0742 e. The Bertz CT molecular complexity index is 151. The summed E-state index contributed by atoms with van der Waals surface area (Å²) < 4.78 is 0. The Labute approximate surface area is 91.3 Å². The van der Waals surface area contributed by atoms with E-state index in [1.807, 2.05) is 0 Å². The first-order chi connectivity index (χ1) is 6.60. The molecule has 0 heterocycles. The summed E-state index contributed by atoms with van der Waals surface area (Å²) in [5.74, 6) is 0.942. The van der Waals surface area contributed by atoms with Crippen LogP contribution in [-0.4, -0.2) is 7.85 Å². The average Bonchev–Trinajstić information content (AvgIpc) is 2.13. The highest BCUT2D eigenvalue weighted by Crippen LogP contribution is 2.35. The summed E-state index contributed by atoms with van der Waals surface area (Å²) in [5.41, 5.74) is 0. The Morgan fingerprint density at radius 1 is 0.929 bits per heavy atom. The molecule has 0 bridgehead atoms. The van der Waals surface area contributed by atoms with Gasteiger partial charge in [0.2, 0.25) is 0 Å². The van der Waals surface area contributed by atoms with Gasteiger partial charge in [-0.1, -0.05) is 76.9 Å². The lowest BCUT2D eigenvalue weighted by atomic mass is 9.64. The second kappa shape index (κ2) is 5.83. The fourth-order valence-corrected chi connectivity index (χ4v) is 2.49. The van der Waals surface area contributed by atoms with Gasteiger partial charge >= 0.3 is 0 Å². The van der Waals surface area contributed by atoms with E-state index in [0.29, 0.717) is 0 Å². The summed E-state index contributed by atoms with van der Waals surface area (Å²) in [5, 5.41) is 0.119. The van der Waals surface area contributed by atoms with Crippen molar-refractivity contribution in [2.75, 3.05) is 0 Å². The van der Waals surface area contributed by atoms with Crippen molar-refractivity contribution in [3.05, 3.63) is 0 Å². The first kappa shape index (κ1) is 12.1. The van der Waals surface area contributed by atoms with E-state index < -0.39 is 0 Å². The molecule has 0 saturated heterocycles. The molecule has 1 saturated carbocycles. The zero-order chi connectivity index (χ0) is 10.4. The van der Waals surface area contributed by atoms with E-state index in [4.69, 9.17) is 7.85 Å². The van der Waals surface area contributed by atoms with Gasteiger partial charge in [-0.2, -0.15) is 0 Å². The Hall–Kier alpha value is 0.0649. The summed E-state index contributed by atoms with van der Waals surface area (Å²) in [6.07, 6.45) is 12.1. The third-order valence-electron chi connectivity index (χ3n) is 3.64. The van der Waals surface area contributed by atoms with Gasteiger partial charge in [-0.3, -0.25) is 0 Å². The van der Waals surface area contributed by atoms with Crippen LogP contribution in [0.1, 0.15) is 71.6 Å². The highest BCUT2D eigenvalue weighted by Gasteiger charge is 2.17. The quantitative estimate of drug-likeness (QED) is 0.496. The fraction of sp³-hybridized carbons (Fsp3) is 1.00. The minimum Gasteiger partial charge on any atom is -0.0688 e. The zero-order valence-corrected chi connectivity index (χ0v) is 10.0. The van der Waals surface area contributed by atoms with E-state index in [-0.39, 0.29) is 5.31 Å². The molecule has 1 heteroatoms. The molecule has 1 aliphatic rings. The first-order valence-corrected chi connectivity index (χ1v) is 6.39. The first-order valence-electron chi connectivity index (χ1n) is 6.39. The molecule has 2 unspecified atom stereocenters. The topological polar surface area (TPSA) is 0 Å². The monoisotopic (exact) mass is 192 g/mol. The van der Waals surface area contributed by atoms with Crippen molar-refractivity contribution in [2.24, 2.45) is 5.92 Å². The summed E-state index contributed by atoms with van der Waals surface area (Å²) in [4.78, 5) is 0. The van der Waals surface area contributed by atoms with Crippen LogP contribution in [-0.2, 0) is 0 Å². The van der Waals surface area contributed by atoms with Gasteiger partial charge in [-0.05, 0) is 5.92 Å². The molecule has 0 nitrogen and oxygen atoms in total. The summed E-state index contributed by atoms with van der Waals surface area (Å²) in [7, 11) is 6.25. The lowest BCUT2D eigenvalue weighted by Crippen LogP contribution is -2.07. The highest BCUT2D eigenvalue weighted by molar-refractivity contribution is 6.14. The molecule has 0 aliphatic heterocycles. The van der Waals surface area contributed by atoms with E-state index >= 15 is 0 Å². The lowest BCUT2D eigenvalue weighted by molar-refractivity contribution is 0.443. The number of rotatable bonds is 0. The molecule has 1 fully saturated rings. The molecule has 0 amide bonds. The van der Waals surface area contributed by atoms with Crippen molar-refractivity contribution in [1.82, 2.24) is 0 Å². The average molecular weight is 192 g/mol. The minimum absolute atomic E-state index is 0.119. The van der Waals surface area contributed by atoms with Crippen LogP contribution in [0.2, 0.25) is 5.31 Å². The molecule has 1 aliphatic carbocycles. The molecular weight excluding hydrogens is 167 g/mol. The minimum atomic E-state index is 0.119. The Balaban J connectivity index is 2.34. The van der Waals surface area contributed by atoms with Gasteiger partial charge < -0.3 is 0 Å². The van der Waals surface area contributed by atoms with Crippen molar-refractivity contribution >= 4 is 7.85 Å². The molecule has 2 atom stereocenters. The van der Waals surface area contributed by atoms with E-state index in [1.54, 1.807) is 0 Å². The second-order valence-corrected chi connectivity index (χ2v) is 5.60. The van der Waals surface area contributed by atoms with E-state index in [0.717, 1.165) is 5.92 Å². The number of hydrogen-bond acceptors (Lipinski definition) is 0. The van der Waals surface area contributed by atoms with Crippen LogP contribution >= 0.6 is 0 Å². The van der Waals surface area contributed by atoms with Crippen LogP contribution < -0.4 is 0 Å². The highest BCUT2D eigenvalue weighted by atomic mass is 14.2. The fourth-order valence-electron chi connectivity index (χ4n) is 2.49. The van der Waals surface area contributed by atoms with Gasteiger partial charge in [0.1, 0.15) is 0 Å². The van der Waals surface area contributed by atoms with Gasteiger partial charge in [0.15, 0.2) is 0 Å².